The number of halogens is 1. The van der Waals surface area contributed by atoms with Gasteiger partial charge in [0.25, 0.3) is 0 Å². The van der Waals surface area contributed by atoms with E-state index >= 15 is 0 Å². The van der Waals surface area contributed by atoms with Gasteiger partial charge >= 0.3 is 0 Å². The van der Waals surface area contributed by atoms with Crippen LogP contribution in [0, 0.1) is 5.82 Å². The van der Waals surface area contributed by atoms with Gasteiger partial charge in [-0.3, -0.25) is 0 Å². The maximum atomic E-state index is 13.3. The van der Waals surface area contributed by atoms with Gasteiger partial charge in [-0.05, 0) is 36.2 Å². The van der Waals surface area contributed by atoms with Crippen LogP contribution in [0.15, 0.2) is 36.9 Å². The molecule has 18 heavy (non-hydrogen) atoms. The highest BCUT2D eigenvalue weighted by Crippen LogP contribution is 2.23. The van der Waals surface area contributed by atoms with E-state index in [1.165, 1.54) is 12.4 Å². The van der Waals surface area contributed by atoms with Crippen LogP contribution in [0.3, 0.4) is 0 Å². The van der Waals surface area contributed by atoms with Crippen molar-refractivity contribution >= 4 is 0 Å². The average Bonchev–Trinajstić information content (AvgIpc) is 2.40. The summed E-state index contributed by atoms with van der Waals surface area (Å²) in [6, 6.07) is 4.80. The minimum atomic E-state index is -0.219. The molecule has 4 heteroatoms. The highest BCUT2D eigenvalue weighted by Gasteiger charge is 2.06. The van der Waals surface area contributed by atoms with E-state index in [0.29, 0.717) is 6.54 Å². The van der Waals surface area contributed by atoms with Crippen LogP contribution in [0.1, 0.15) is 18.9 Å². The molecule has 0 aliphatic rings. The summed E-state index contributed by atoms with van der Waals surface area (Å²) in [5.74, 6) is -0.219. The molecule has 1 aromatic carbocycles. The molecule has 0 spiro atoms. The van der Waals surface area contributed by atoms with Crippen LogP contribution in [-0.4, -0.2) is 16.5 Å². The Bertz CT molecular complexity index is 500. The molecule has 0 unspecified atom stereocenters. The molecule has 2 rings (SSSR count). The van der Waals surface area contributed by atoms with Crippen LogP contribution >= 0.6 is 0 Å². The molecule has 0 atom stereocenters. The fourth-order valence-corrected chi connectivity index (χ4v) is 1.83. The lowest BCUT2D eigenvalue weighted by Gasteiger charge is -2.10. The molecule has 0 saturated heterocycles. The molecule has 0 aliphatic carbocycles. The van der Waals surface area contributed by atoms with Crippen molar-refractivity contribution in [3.63, 3.8) is 0 Å². The van der Waals surface area contributed by atoms with Crippen LogP contribution in [0.25, 0.3) is 11.1 Å². The van der Waals surface area contributed by atoms with Gasteiger partial charge in [0, 0.05) is 24.5 Å². The number of nitrogens with one attached hydrogen (secondary N) is 1. The molecule has 1 heterocycles. The first-order valence-corrected chi connectivity index (χ1v) is 6.05. The van der Waals surface area contributed by atoms with Crippen molar-refractivity contribution in [2.24, 2.45) is 0 Å². The normalized spacial score (nSPS) is 10.6. The summed E-state index contributed by atoms with van der Waals surface area (Å²) < 4.78 is 13.3. The van der Waals surface area contributed by atoms with Crippen molar-refractivity contribution in [3.05, 3.63) is 48.3 Å². The van der Waals surface area contributed by atoms with E-state index in [4.69, 9.17) is 0 Å². The second-order valence-corrected chi connectivity index (χ2v) is 4.11. The molecule has 0 aliphatic heterocycles. The van der Waals surface area contributed by atoms with Gasteiger partial charge in [-0.2, -0.15) is 0 Å². The van der Waals surface area contributed by atoms with E-state index in [1.807, 2.05) is 0 Å². The third kappa shape index (κ3) is 3.11. The Labute approximate surface area is 106 Å². The standard InChI is InChI=1S/C14H16FN3/c1-2-5-16-7-11-6-13(15)3-4-14(11)12-8-17-10-18-9-12/h3-4,6,8-10,16H,2,5,7H2,1H3. The van der Waals surface area contributed by atoms with Crippen molar-refractivity contribution in [2.45, 2.75) is 19.9 Å². The number of nitrogens with zero attached hydrogens (tertiary/aromatic N) is 2. The number of benzene rings is 1. The summed E-state index contributed by atoms with van der Waals surface area (Å²) in [4.78, 5) is 7.99. The Morgan fingerprint density at radius 2 is 2.00 bits per heavy atom. The molecular weight excluding hydrogens is 229 g/mol. The van der Waals surface area contributed by atoms with E-state index in [0.717, 1.165) is 29.7 Å². The van der Waals surface area contributed by atoms with E-state index < -0.39 is 0 Å². The quantitative estimate of drug-likeness (QED) is 0.823. The molecule has 1 aromatic heterocycles. The average molecular weight is 245 g/mol. The Balaban J connectivity index is 2.29. The van der Waals surface area contributed by atoms with Crippen LogP contribution in [0.2, 0.25) is 0 Å². The first kappa shape index (κ1) is 12.6. The number of hydrogen-bond donors (Lipinski definition) is 1. The fourth-order valence-electron chi connectivity index (χ4n) is 1.83. The Morgan fingerprint density at radius 1 is 1.22 bits per heavy atom. The van der Waals surface area contributed by atoms with Crippen molar-refractivity contribution < 1.29 is 4.39 Å². The van der Waals surface area contributed by atoms with Gasteiger partial charge in [0.2, 0.25) is 0 Å². The van der Waals surface area contributed by atoms with Gasteiger partial charge in [0.1, 0.15) is 12.1 Å². The van der Waals surface area contributed by atoms with Gasteiger partial charge in [0.05, 0.1) is 0 Å². The van der Waals surface area contributed by atoms with Crippen LogP contribution < -0.4 is 5.32 Å². The van der Waals surface area contributed by atoms with Crippen molar-refractivity contribution in [2.75, 3.05) is 6.54 Å². The summed E-state index contributed by atoms with van der Waals surface area (Å²) in [7, 11) is 0. The molecule has 3 nitrogen and oxygen atoms in total. The molecule has 0 bridgehead atoms. The summed E-state index contributed by atoms with van der Waals surface area (Å²) in [5, 5.41) is 3.28. The molecule has 94 valence electrons. The highest BCUT2D eigenvalue weighted by molar-refractivity contribution is 5.65. The lowest BCUT2D eigenvalue weighted by molar-refractivity contribution is 0.619. The lowest BCUT2D eigenvalue weighted by atomic mass is 10.0. The van der Waals surface area contributed by atoms with E-state index in [-0.39, 0.29) is 5.82 Å². The van der Waals surface area contributed by atoms with Crippen LogP contribution in [0.5, 0.6) is 0 Å². The Hall–Kier alpha value is -1.81. The van der Waals surface area contributed by atoms with Crippen molar-refractivity contribution in [1.29, 1.82) is 0 Å². The Morgan fingerprint density at radius 3 is 2.72 bits per heavy atom. The second-order valence-electron chi connectivity index (χ2n) is 4.11. The van der Waals surface area contributed by atoms with E-state index in [2.05, 4.69) is 22.2 Å². The van der Waals surface area contributed by atoms with E-state index in [1.54, 1.807) is 24.5 Å². The van der Waals surface area contributed by atoms with E-state index in [9.17, 15) is 4.39 Å². The zero-order chi connectivity index (χ0) is 12.8. The molecule has 2 aromatic rings. The number of rotatable bonds is 5. The van der Waals surface area contributed by atoms with Gasteiger partial charge in [-0.25, -0.2) is 14.4 Å². The van der Waals surface area contributed by atoms with Crippen molar-refractivity contribution in [1.82, 2.24) is 15.3 Å². The molecule has 0 saturated carbocycles. The molecule has 1 N–H and O–H groups in total. The summed E-state index contributed by atoms with van der Waals surface area (Å²) in [6.07, 6.45) is 6.02. The molecule has 0 fully saturated rings. The van der Waals surface area contributed by atoms with Gasteiger partial charge in [-0.15, -0.1) is 0 Å². The van der Waals surface area contributed by atoms with Crippen LogP contribution in [0.4, 0.5) is 4.39 Å². The summed E-state index contributed by atoms with van der Waals surface area (Å²) in [6.45, 7) is 3.67. The largest absolute Gasteiger partial charge is 0.313 e. The minimum Gasteiger partial charge on any atom is -0.313 e. The smallest absolute Gasteiger partial charge is 0.123 e. The molecule has 0 radical (unpaired) electrons. The van der Waals surface area contributed by atoms with Crippen molar-refractivity contribution in [3.8, 4) is 11.1 Å². The lowest BCUT2D eigenvalue weighted by Crippen LogP contribution is -2.14. The third-order valence-electron chi connectivity index (χ3n) is 2.68. The zero-order valence-corrected chi connectivity index (χ0v) is 10.4. The minimum absolute atomic E-state index is 0.219. The maximum absolute atomic E-state index is 13.3. The number of hydrogen-bond acceptors (Lipinski definition) is 3. The van der Waals surface area contributed by atoms with Gasteiger partial charge in [-0.1, -0.05) is 13.0 Å². The zero-order valence-electron chi connectivity index (χ0n) is 10.4. The monoisotopic (exact) mass is 245 g/mol. The highest BCUT2D eigenvalue weighted by atomic mass is 19.1. The first-order chi connectivity index (χ1) is 8.81. The second kappa shape index (κ2) is 6.21. The van der Waals surface area contributed by atoms with Gasteiger partial charge in [0.15, 0.2) is 0 Å². The summed E-state index contributed by atoms with van der Waals surface area (Å²) in [5.41, 5.74) is 2.81. The summed E-state index contributed by atoms with van der Waals surface area (Å²) >= 11 is 0. The SMILES string of the molecule is CCCNCc1cc(F)ccc1-c1cncnc1. The number of aromatic nitrogens is 2. The predicted molar refractivity (Wildman–Crippen MR) is 69.4 cm³/mol. The topological polar surface area (TPSA) is 37.8 Å². The van der Waals surface area contributed by atoms with Gasteiger partial charge < -0.3 is 5.32 Å². The molecular formula is C14H16FN3. The van der Waals surface area contributed by atoms with Crippen LogP contribution in [-0.2, 0) is 6.54 Å². The molecule has 0 amide bonds. The fraction of sp³-hybridized carbons (Fsp3) is 0.286. The maximum Gasteiger partial charge on any atom is 0.123 e. The third-order valence-corrected chi connectivity index (χ3v) is 2.68. The predicted octanol–water partition coefficient (Wildman–Crippen LogP) is 2.78. The Kier molecular flexibility index (Phi) is 4.36. The first-order valence-electron chi connectivity index (χ1n) is 6.05.